The van der Waals surface area contributed by atoms with Gasteiger partial charge in [-0.3, -0.25) is 9.59 Å². The van der Waals surface area contributed by atoms with Crippen molar-refractivity contribution in [3.05, 3.63) is 70.3 Å². The minimum absolute atomic E-state index is 0.0932. The predicted octanol–water partition coefficient (Wildman–Crippen LogP) is 1.51. The second-order valence-corrected chi connectivity index (χ2v) is 14.0. The van der Waals surface area contributed by atoms with Crippen molar-refractivity contribution in [2.24, 2.45) is 0 Å². The number of nitrogens with one attached hydrogen (secondary N) is 1. The van der Waals surface area contributed by atoms with Crippen molar-refractivity contribution in [3.8, 4) is 0 Å². The van der Waals surface area contributed by atoms with E-state index in [1.165, 1.54) is 13.8 Å². The van der Waals surface area contributed by atoms with E-state index in [-0.39, 0.29) is 18.4 Å². The summed E-state index contributed by atoms with van der Waals surface area (Å²) >= 11 is 0. The number of rotatable bonds is 13. The molecule has 2 saturated heterocycles. The molecule has 11 nitrogen and oxygen atoms in total. The van der Waals surface area contributed by atoms with Crippen LogP contribution in [0.4, 0.5) is 0 Å². The van der Waals surface area contributed by atoms with E-state index in [4.69, 9.17) is 9.47 Å². The number of nitrogens with zero attached hydrogens (tertiary/aromatic N) is 2. The Morgan fingerprint density at radius 3 is 2.33 bits per heavy atom. The average molecular weight is 640 g/mol. The number of benzene rings is 2. The van der Waals surface area contributed by atoms with Crippen molar-refractivity contribution in [3.63, 3.8) is 0 Å². The molecule has 46 heavy (non-hydrogen) atoms. The van der Waals surface area contributed by atoms with E-state index < -0.39 is 41.0 Å². The molecule has 252 valence electrons. The van der Waals surface area contributed by atoms with Crippen molar-refractivity contribution in [2.75, 3.05) is 33.8 Å². The topological polar surface area (TPSA) is 152 Å². The Labute approximate surface area is 271 Å². The minimum atomic E-state index is -1.77. The summed E-state index contributed by atoms with van der Waals surface area (Å²) in [6.07, 6.45) is -1.28. The van der Waals surface area contributed by atoms with E-state index in [0.717, 1.165) is 41.5 Å². The molecule has 3 aliphatic rings. The molecular weight excluding hydrogens is 590 g/mol. The highest BCUT2D eigenvalue weighted by Crippen LogP contribution is 2.53. The van der Waals surface area contributed by atoms with Crippen molar-refractivity contribution < 1.29 is 39.5 Å². The SMILES string of the molecule is CCC(C(=O)NC1(N(C=O)CCN(C)C)CC1)c1ccc(Cc2cc([C@]34OC[C@](C(C)(C)O)(O3)[C@@H](O)[C@H](O)[C@H]4O)ccc2C)cc1. The highest BCUT2D eigenvalue weighted by molar-refractivity contribution is 5.85. The van der Waals surface area contributed by atoms with E-state index in [0.29, 0.717) is 31.5 Å². The zero-order chi connectivity index (χ0) is 33.7. The molecule has 0 spiro atoms. The molecule has 0 aromatic heterocycles. The number of hydrogen-bond donors (Lipinski definition) is 5. The van der Waals surface area contributed by atoms with Crippen LogP contribution in [0.3, 0.4) is 0 Å². The molecule has 1 aliphatic carbocycles. The zero-order valence-electron chi connectivity index (χ0n) is 27.7. The summed E-state index contributed by atoms with van der Waals surface area (Å²) in [4.78, 5) is 29.0. The molecule has 2 bridgehead atoms. The molecule has 2 aromatic rings. The molecular formula is C35H49N3O8. The van der Waals surface area contributed by atoms with Gasteiger partial charge in [-0.1, -0.05) is 43.3 Å². The van der Waals surface area contributed by atoms with Crippen LogP contribution in [0.1, 0.15) is 73.8 Å². The highest BCUT2D eigenvalue weighted by atomic mass is 16.8. The van der Waals surface area contributed by atoms with Crippen molar-refractivity contribution >= 4 is 12.3 Å². The van der Waals surface area contributed by atoms with Gasteiger partial charge in [0.1, 0.15) is 24.0 Å². The first-order valence-electron chi connectivity index (χ1n) is 16.1. The normalized spacial score (nSPS) is 29.0. The summed E-state index contributed by atoms with van der Waals surface area (Å²) in [6, 6.07) is 13.4. The van der Waals surface area contributed by atoms with Gasteiger partial charge in [0.05, 0.1) is 18.1 Å². The lowest BCUT2D eigenvalue weighted by molar-refractivity contribution is -0.348. The fourth-order valence-electron chi connectivity index (χ4n) is 6.82. The quantitative estimate of drug-likeness (QED) is 0.162. The molecule has 2 aliphatic heterocycles. The predicted molar refractivity (Wildman–Crippen MR) is 171 cm³/mol. The third-order valence-electron chi connectivity index (χ3n) is 10.2. The monoisotopic (exact) mass is 639 g/mol. The molecule has 5 rings (SSSR count). The lowest BCUT2D eigenvalue weighted by Gasteiger charge is -2.50. The lowest BCUT2D eigenvalue weighted by Crippen LogP contribution is -2.70. The van der Waals surface area contributed by atoms with Gasteiger partial charge in [-0.2, -0.15) is 0 Å². The van der Waals surface area contributed by atoms with Crippen molar-refractivity contribution in [1.82, 2.24) is 15.1 Å². The molecule has 2 aromatic carbocycles. The molecule has 0 radical (unpaired) electrons. The fourth-order valence-corrected chi connectivity index (χ4v) is 6.82. The number of aliphatic hydroxyl groups is 4. The Hall–Kier alpha value is -2.90. The Morgan fingerprint density at radius 1 is 1.09 bits per heavy atom. The van der Waals surface area contributed by atoms with E-state index in [9.17, 15) is 30.0 Å². The summed E-state index contributed by atoms with van der Waals surface area (Å²) < 4.78 is 12.3. The van der Waals surface area contributed by atoms with Crippen LogP contribution in [-0.2, 0) is 31.3 Å². The molecule has 1 unspecified atom stereocenters. The van der Waals surface area contributed by atoms with Gasteiger partial charge < -0.3 is 45.0 Å². The molecule has 5 N–H and O–H groups in total. The number of aryl methyl sites for hydroxylation is 1. The molecule has 2 heterocycles. The lowest BCUT2D eigenvalue weighted by atomic mass is 9.75. The second-order valence-electron chi connectivity index (χ2n) is 14.0. The number of amides is 2. The van der Waals surface area contributed by atoms with Gasteiger partial charge >= 0.3 is 0 Å². The number of aliphatic hydroxyl groups excluding tert-OH is 3. The summed E-state index contributed by atoms with van der Waals surface area (Å²) in [5, 5.41) is 46.8. The Balaban J connectivity index is 1.32. The second kappa shape index (κ2) is 12.6. The van der Waals surface area contributed by atoms with Gasteiger partial charge in [0.2, 0.25) is 18.1 Å². The number of ether oxygens (including phenoxy) is 2. The summed E-state index contributed by atoms with van der Waals surface area (Å²) in [6.45, 7) is 7.96. The van der Waals surface area contributed by atoms with Gasteiger partial charge in [0, 0.05) is 18.7 Å². The van der Waals surface area contributed by atoms with Crippen LogP contribution in [0.5, 0.6) is 0 Å². The van der Waals surface area contributed by atoms with Crippen LogP contribution in [-0.4, -0.2) is 112 Å². The smallest absolute Gasteiger partial charge is 0.229 e. The Bertz CT molecular complexity index is 1420. The first-order valence-corrected chi connectivity index (χ1v) is 16.1. The molecule has 11 heteroatoms. The van der Waals surface area contributed by atoms with E-state index in [1.807, 2.05) is 69.2 Å². The molecule has 6 atom stereocenters. The summed E-state index contributed by atoms with van der Waals surface area (Å²) in [7, 11) is 3.91. The Kier molecular flexibility index (Phi) is 9.44. The molecule has 1 saturated carbocycles. The van der Waals surface area contributed by atoms with Gasteiger partial charge in [0.15, 0.2) is 5.60 Å². The first kappa shape index (κ1) is 34.4. The number of hydrogen-bond acceptors (Lipinski definition) is 9. The van der Waals surface area contributed by atoms with Crippen LogP contribution in [0.15, 0.2) is 42.5 Å². The number of carbonyl (C=O) groups excluding carboxylic acids is 2. The molecule has 3 fully saturated rings. The first-order chi connectivity index (χ1) is 21.6. The number of carbonyl (C=O) groups is 2. The van der Waals surface area contributed by atoms with E-state index in [1.54, 1.807) is 11.0 Å². The van der Waals surface area contributed by atoms with Crippen molar-refractivity contribution in [2.45, 2.75) is 100 Å². The van der Waals surface area contributed by atoms with Crippen LogP contribution >= 0.6 is 0 Å². The fraction of sp³-hybridized carbons (Fsp3) is 0.600. The third kappa shape index (κ3) is 5.98. The largest absolute Gasteiger partial charge is 0.387 e. The summed E-state index contributed by atoms with van der Waals surface area (Å²) in [5.74, 6) is -2.22. The van der Waals surface area contributed by atoms with Gasteiger partial charge in [-0.25, -0.2) is 0 Å². The Morgan fingerprint density at radius 2 is 1.76 bits per heavy atom. The standard InChI is InChI=1S/C35H49N3O8/c1-7-27(31(43)36-33(14-15-33)38(21-39)17-16-37(5)6)24-11-9-23(10-12-24)18-25-19-26(13-8-22(25)2)35-30(42)28(40)29(41)34(46-35,20-45-35)32(3,4)44/h8-13,19,21,27-30,40-42,44H,7,14-18,20H2,1-6H3,(H,36,43)/t27?,28-,29-,30+,34-,35-/m0/s1. The van der Waals surface area contributed by atoms with Crippen molar-refractivity contribution in [1.29, 1.82) is 0 Å². The van der Waals surface area contributed by atoms with Gasteiger partial charge in [0.25, 0.3) is 0 Å². The maximum Gasteiger partial charge on any atom is 0.229 e. The van der Waals surface area contributed by atoms with Crippen LogP contribution < -0.4 is 5.32 Å². The van der Waals surface area contributed by atoms with Crippen LogP contribution in [0.25, 0.3) is 0 Å². The van der Waals surface area contributed by atoms with E-state index in [2.05, 4.69) is 5.32 Å². The minimum Gasteiger partial charge on any atom is -0.387 e. The zero-order valence-corrected chi connectivity index (χ0v) is 27.7. The van der Waals surface area contributed by atoms with Crippen LogP contribution in [0.2, 0.25) is 0 Å². The maximum absolute atomic E-state index is 13.5. The maximum atomic E-state index is 13.5. The van der Waals surface area contributed by atoms with Gasteiger partial charge in [-0.05, 0) is 88.9 Å². The van der Waals surface area contributed by atoms with Gasteiger partial charge in [-0.15, -0.1) is 0 Å². The van der Waals surface area contributed by atoms with Crippen LogP contribution in [0, 0.1) is 6.92 Å². The van der Waals surface area contributed by atoms with E-state index >= 15 is 0 Å². The third-order valence-corrected chi connectivity index (χ3v) is 10.2. The summed E-state index contributed by atoms with van der Waals surface area (Å²) in [5.41, 5.74) is 0.491. The highest BCUT2D eigenvalue weighted by Gasteiger charge is 2.71. The number of fused-ring (bicyclic) bond motifs is 2. The molecule has 2 amide bonds. The number of likely N-dealkylation sites (N-methyl/N-ethyl adjacent to an activating group) is 1. The average Bonchev–Trinajstić information content (AvgIpc) is 3.66.